The highest BCUT2D eigenvalue weighted by atomic mass is 16.3. The summed E-state index contributed by atoms with van der Waals surface area (Å²) < 4.78 is 0. The molecule has 0 spiro atoms. The standard InChI is InChI=1S/C11H20N4O/c1-3-11(16,4-2)7-14-9-6-5-8(12)10(13)15-9/h5-6,16H,3-4,7,12H2,1-2H3,(H3,13,14,15). The van der Waals surface area contributed by atoms with Gasteiger partial charge < -0.3 is 21.9 Å². The van der Waals surface area contributed by atoms with Crippen molar-refractivity contribution in [2.24, 2.45) is 0 Å². The van der Waals surface area contributed by atoms with Gasteiger partial charge in [0.1, 0.15) is 11.6 Å². The van der Waals surface area contributed by atoms with Crippen molar-refractivity contribution in [3.63, 3.8) is 0 Å². The maximum atomic E-state index is 10.1. The molecule has 0 unspecified atom stereocenters. The molecule has 16 heavy (non-hydrogen) atoms. The maximum Gasteiger partial charge on any atom is 0.149 e. The fourth-order valence-corrected chi connectivity index (χ4v) is 1.34. The van der Waals surface area contributed by atoms with Crippen LogP contribution in [0.5, 0.6) is 0 Å². The largest absolute Gasteiger partial charge is 0.396 e. The Kier molecular flexibility index (Phi) is 3.95. The van der Waals surface area contributed by atoms with Gasteiger partial charge in [-0.05, 0) is 25.0 Å². The van der Waals surface area contributed by atoms with Gasteiger partial charge in [0.05, 0.1) is 11.3 Å². The molecule has 0 amide bonds. The zero-order valence-electron chi connectivity index (χ0n) is 9.83. The monoisotopic (exact) mass is 224 g/mol. The second kappa shape index (κ2) is 5.03. The molecule has 1 aromatic rings. The average Bonchev–Trinajstić information content (AvgIpc) is 2.30. The number of pyridine rings is 1. The summed E-state index contributed by atoms with van der Waals surface area (Å²) in [5, 5.41) is 13.1. The molecule has 0 aromatic carbocycles. The predicted octanol–water partition coefficient (Wildman–Crippen LogP) is 1.21. The average molecular weight is 224 g/mol. The number of hydrogen-bond acceptors (Lipinski definition) is 5. The van der Waals surface area contributed by atoms with E-state index in [2.05, 4.69) is 10.3 Å². The number of nitrogen functional groups attached to an aromatic ring is 2. The van der Waals surface area contributed by atoms with E-state index in [1.807, 2.05) is 13.8 Å². The molecule has 0 bridgehead atoms. The van der Waals surface area contributed by atoms with E-state index >= 15 is 0 Å². The van der Waals surface area contributed by atoms with Crippen LogP contribution in [-0.4, -0.2) is 22.2 Å². The molecule has 6 N–H and O–H groups in total. The van der Waals surface area contributed by atoms with Gasteiger partial charge in [-0.25, -0.2) is 4.98 Å². The number of rotatable bonds is 5. The highest BCUT2D eigenvalue weighted by molar-refractivity contribution is 5.61. The molecule has 1 rings (SSSR count). The van der Waals surface area contributed by atoms with E-state index in [1.54, 1.807) is 12.1 Å². The summed E-state index contributed by atoms with van der Waals surface area (Å²) in [4.78, 5) is 4.07. The van der Waals surface area contributed by atoms with Crippen molar-refractivity contribution in [1.82, 2.24) is 4.98 Å². The third kappa shape index (κ3) is 3.00. The molecule has 0 saturated carbocycles. The fraction of sp³-hybridized carbons (Fsp3) is 0.545. The molecule has 0 radical (unpaired) electrons. The fourth-order valence-electron chi connectivity index (χ4n) is 1.34. The zero-order chi connectivity index (χ0) is 12.2. The van der Waals surface area contributed by atoms with Gasteiger partial charge in [0.2, 0.25) is 0 Å². The van der Waals surface area contributed by atoms with Gasteiger partial charge in [-0.2, -0.15) is 0 Å². The van der Waals surface area contributed by atoms with E-state index in [4.69, 9.17) is 11.5 Å². The first-order valence-corrected chi connectivity index (χ1v) is 5.49. The molecular formula is C11H20N4O. The van der Waals surface area contributed by atoms with Crippen LogP contribution in [0.25, 0.3) is 0 Å². The summed E-state index contributed by atoms with van der Waals surface area (Å²) in [6, 6.07) is 3.44. The normalized spacial score (nSPS) is 11.4. The maximum absolute atomic E-state index is 10.1. The minimum absolute atomic E-state index is 0.307. The Balaban J connectivity index is 2.64. The van der Waals surface area contributed by atoms with Gasteiger partial charge in [0.15, 0.2) is 0 Å². The second-order valence-corrected chi connectivity index (χ2v) is 3.96. The Morgan fingerprint density at radius 2 is 1.94 bits per heavy atom. The van der Waals surface area contributed by atoms with Gasteiger partial charge >= 0.3 is 0 Å². The summed E-state index contributed by atoms with van der Waals surface area (Å²) in [5.74, 6) is 0.938. The number of nitrogens with two attached hydrogens (primary N) is 2. The first-order valence-electron chi connectivity index (χ1n) is 5.49. The first-order chi connectivity index (χ1) is 7.50. The minimum atomic E-state index is -0.697. The molecule has 5 heteroatoms. The van der Waals surface area contributed by atoms with Crippen LogP contribution in [0.1, 0.15) is 26.7 Å². The lowest BCUT2D eigenvalue weighted by Crippen LogP contribution is -2.35. The topological polar surface area (TPSA) is 97.2 Å². The van der Waals surface area contributed by atoms with Crippen molar-refractivity contribution in [2.45, 2.75) is 32.3 Å². The van der Waals surface area contributed by atoms with Crippen molar-refractivity contribution < 1.29 is 5.11 Å². The lowest BCUT2D eigenvalue weighted by atomic mass is 9.98. The molecule has 1 heterocycles. The SMILES string of the molecule is CCC(O)(CC)CNc1ccc(N)c(N)n1. The molecule has 1 aromatic heterocycles. The van der Waals surface area contributed by atoms with E-state index in [9.17, 15) is 5.11 Å². The number of aromatic nitrogens is 1. The highest BCUT2D eigenvalue weighted by Gasteiger charge is 2.21. The Bertz CT molecular complexity index is 350. The number of aliphatic hydroxyl groups is 1. The zero-order valence-corrected chi connectivity index (χ0v) is 9.83. The number of nitrogens with zero attached hydrogens (tertiary/aromatic N) is 1. The van der Waals surface area contributed by atoms with Crippen LogP contribution in [0.3, 0.4) is 0 Å². The summed E-state index contributed by atoms with van der Waals surface area (Å²) in [6.45, 7) is 4.36. The van der Waals surface area contributed by atoms with Crippen LogP contribution in [0.15, 0.2) is 12.1 Å². The molecule has 0 saturated heterocycles. The minimum Gasteiger partial charge on any atom is -0.396 e. The van der Waals surface area contributed by atoms with Crippen molar-refractivity contribution in [3.8, 4) is 0 Å². The van der Waals surface area contributed by atoms with Crippen molar-refractivity contribution >= 4 is 17.3 Å². The Labute approximate surface area is 95.9 Å². The van der Waals surface area contributed by atoms with E-state index in [0.717, 1.165) is 0 Å². The molecule has 0 fully saturated rings. The van der Waals surface area contributed by atoms with E-state index in [0.29, 0.717) is 36.7 Å². The van der Waals surface area contributed by atoms with Gasteiger partial charge in [-0.3, -0.25) is 0 Å². The number of nitrogens with one attached hydrogen (secondary N) is 1. The predicted molar refractivity (Wildman–Crippen MR) is 67.1 cm³/mol. The third-order valence-electron chi connectivity index (χ3n) is 2.87. The van der Waals surface area contributed by atoms with Crippen molar-refractivity contribution in [2.75, 3.05) is 23.3 Å². The smallest absolute Gasteiger partial charge is 0.149 e. The lowest BCUT2D eigenvalue weighted by Gasteiger charge is -2.25. The lowest BCUT2D eigenvalue weighted by molar-refractivity contribution is 0.0456. The van der Waals surface area contributed by atoms with Gasteiger partial charge in [0.25, 0.3) is 0 Å². The van der Waals surface area contributed by atoms with Crippen LogP contribution >= 0.6 is 0 Å². The van der Waals surface area contributed by atoms with E-state index in [-0.39, 0.29) is 0 Å². The Hall–Kier alpha value is -1.49. The molecule has 0 aliphatic carbocycles. The summed E-state index contributed by atoms with van der Waals surface area (Å²) in [7, 11) is 0. The van der Waals surface area contributed by atoms with Crippen LogP contribution < -0.4 is 16.8 Å². The summed E-state index contributed by atoms with van der Waals surface area (Å²) in [5.41, 5.74) is 10.9. The molecule has 0 aliphatic heterocycles. The van der Waals surface area contributed by atoms with Gasteiger partial charge in [0, 0.05) is 6.54 Å². The van der Waals surface area contributed by atoms with Crippen LogP contribution in [0.2, 0.25) is 0 Å². The van der Waals surface area contributed by atoms with E-state index in [1.165, 1.54) is 0 Å². The van der Waals surface area contributed by atoms with Crippen molar-refractivity contribution in [3.05, 3.63) is 12.1 Å². The molecule has 5 nitrogen and oxygen atoms in total. The Morgan fingerprint density at radius 1 is 1.31 bits per heavy atom. The third-order valence-corrected chi connectivity index (χ3v) is 2.87. The van der Waals surface area contributed by atoms with Crippen LogP contribution in [0.4, 0.5) is 17.3 Å². The quantitative estimate of drug-likeness (QED) is 0.602. The molecule has 0 atom stereocenters. The van der Waals surface area contributed by atoms with Crippen molar-refractivity contribution in [1.29, 1.82) is 0 Å². The summed E-state index contributed by atoms with van der Waals surface area (Å²) >= 11 is 0. The van der Waals surface area contributed by atoms with E-state index < -0.39 is 5.60 Å². The molecular weight excluding hydrogens is 204 g/mol. The van der Waals surface area contributed by atoms with Crippen LogP contribution in [0, 0.1) is 0 Å². The Morgan fingerprint density at radius 3 is 2.44 bits per heavy atom. The first kappa shape index (κ1) is 12.6. The number of hydrogen-bond donors (Lipinski definition) is 4. The highest BCUT2D eigenvalue weighted by Crippen LogP contribution is 2.18. The van der Waals surface area contributed by atoms with Gasteiger partial charge in [-0.15, -0.1) is 0 Å². The second-order valence-electron chi connectivity index (χ2n) is 3.96. The van der Waals surface area contributed by atoms with Crippen LogP contribution in [-0.2, 0) is 0 Å². The molecule has 90 valence electrons. The van der Waals surface area contributed by atoms with Gasteiger partial charge in [-0.1, -0.05) is 13.8 Å². The summed E-state index contributed by atoms with van der Waals surface area (Å²) in [6.07, 6.45) is 1.39. The number of anilines is 3. The molecule has 0 aliphatic rings.